The van der Waals surface area contributed by atoms with E-state index in [-0.39, 0.29) is 5.91 Å². The largest absolute Gasteiger partial charge is 0.480 e. The number of carbonyl (C=O) groups excluding carboxylic acids is 1. The Balaban J connectivity index is 2.31. The summed E-state index contributed by atoms with van der Waals surface area (Å²) < 4.78 is 0.299. The molecule has 1 heterocycles. The van der Waals surface area contributed by atoms with Crippen LogP contribution in [0.2, 0.25) is 0 Å². The van der Waals surface area contributed by atoms with E-state index < -0.39 is 12.0 Å². The Labute approximate surface area is 132 Å². The quantitative estimate of drug-likeness (QED) is 0.682. The van der Waals surface area contributed by atoms with Crippen molar-refractivity contribution in [1.29, 1.82) is 0 Å². The highest BCUT2D eigenvalue weighted by Crippen LogP contribution is 2.34. The molecule has 1 atom stereocenters. The second kappa shape index (κ2) is 6.41. The van der Waals surface area contributed by atoms with Crippen LogP contribution in [0.4, 0.5) is 0 Å². The van der Waals surface area contributed by atoms with Gasteiger partial charge in [-0.2, -0.15) is 0 Å². The van der Waals surface area contributed by atoms with Crippen molar-refractivity contribution >= 4 is 46.3 Å². The minimum absolute atomic E-state index is 0.299. The molecular formula is C15H15NO3S2. The van der Waals surface area contributed by atoms with Crippen molar-refractivity contribution in [3.8, 4) is 0 Å². The van der Waals surface area contributed by atoms with Gasteiger partial charge in [0, 0.05) is 0 Å². The molecule has 110 valence electrons. The van der Waals surface area contributed by atoms with Crippen molar-refractivity contribution in [3.63, 3.8) is 0 Å². The Kier molecular flexibility index (Phi) is 4.80. The number of hydrogen-bond donors (Lipinski definition) is 1. The molecule has 1 aliphatic rings. The lowest BCUT2D eigenvalue weighted by atomic mass is 10.1. The van der Waals surface area contributed by atoms with Gasteiger partial charge in [0.1, 0.15) is 10.4 Å². The van der Waals surface area contributed by atoms with E-state index in [0.29, 0.717) is 15.6 Å². The highest BCUT2D eigenvalue weighted by atomic mass is 32.2. The molecule has 0 saturated carbocycles. The Morgan fingerprint density at radius 2 is 2.24 bits per heavy atom. The van der Waals surface area contributed by atoms with Crippen LogP contribution < -0.4 is 0 Å². The number of benzene rings is 1. The Bertz CT molecular complexity index is 640. The van der Waals surface area contributed by atoms with Crippen molar-refractivity contribution in [1.82, 2.24) is 4.90 Å². The molecule has 0 radical (unpaired) electrons. The van der Waals surface area contributed by atoms with E-state index >= 15 is 0 Å². The zero-order valence-electron chi connectivity index (χ0n) is 11.7. The maximum absolute atomic E-state index is 12.4. The number of aryl methyl sites for hydroxylation is 1. The third kappa shape index (κ3) is 3.33. The molecule has 0 aromatic heterocycles. The number of carboxylic acids is 1. The van der Waals surface area contributed by atoms with E-state index in [2.05, 4.69) is 0 Å². The van der Waals surface area contributed by atoms with E-state index in [4.69, 9.17) is 12.2 Å². The van der Waals surface area contributed by atoms with Crippen LogP contribution in [-0.4, -0.2) is 32.2 Å². The summed E-state index contributed by atoms with van der Waals surface area (Å²) in [5, 5.41) is 9.20. The molecule has 1 aromatic carbocycles. The SMILES string of the molecule is CCC(C(=O)O)N1C(=O)/C(=C\c2cccc(C)c2)SC1=S. The summed E-state index contributed by atoms with van der Waals surface area (Å²) in [6.45, 7) is 3.70. The predicted molar refractivity (Wildman–Crippen MR) is 87.9 cm³/mol. The number of carboxylic acid groups (broad SMARTS) is 1. The van der Waals surface area contributed by atoms with Gasteiger partial charge in [-0.3, -0.25) is 9.69 Å². The highest BCUT2D eigenvalue weighted by molar-refractivity contribution is 8.26. The van der Waals surface area contributed by atoms with Crippen LogP contribution in [0, 0.1) is 6.92 Å². The molecule has 0 bridgehead atoms. The zero-order valence-corrected chi connectivity index (χ0v) is 13.3. The Hall–Kier alpha value is -1.66. The first kappa shape index (κ1) is 15.7. The number of thiocarbonyl (C=S) groups is 1. The maximum Gasteiger partial charge on any atom is 0.326 e. The van der Waals surface area contributed by atoms with Crippen LogP contribution in [0.5, 0.6) is 0 Å². The number of thioether (sulfide) groups is 1. The second-order valence-electron chi connectivity index (χ2n) is 4.73. The zero-order chi connectivity index (χ0) is 15.6. The average molecular weight is 321 g/mol. The van der Waals surface area contributed by atoms with Gasteiger partial charge in [-0.15, -0.1) is 0 Å². The normalized spacial score (nSPS) is 18.4. The molecule has 1 aliphatic heterocycles. The molecule has 1 N–H and O–H groups in total. The number of nitrogens with zero attached hydrogens (tertiary/aromatic N) is 1. The van der Waals surface area contributed by atoms with Crippen LogP contribution in [0.1, 0.15) is 24.5 Å². The van der Waals surface area contributed by atoms with Crippen molar-refractivity contribution in [2.45, 2.75) is 26.3 Å². The molecule has 0 aliphatic carbocycles. The fraction of sp³-hybridized carbons (Fsp3) is 0.267. The monoisotopic (exact) mass is 321 g/mol. The molecule has 21 heavy (non-hydrogen) atoms. The van der Waals surface area contributed by atoms with E-state index in [1.54, 1.807) is 13.0 Å². The van der Waals surface area contributed by atoms with Crippen molar-refractivity contribution in [3.05, 3.63) is 40.3 Å². The number of rotatable bonds is 4. The number of aliphatic carboxylic acids is 1. The van der Waals surface area contributed by atoms with Crippen molar-refractivity contribution in [2.75, 3.05) is 0 Å². The van der Waals surface area contributed by atoms with Gasteiger partial charge in [-0.05, 0) is 25.0 Å². The molecule has 1 amide bonds. The summed E-state index contributed by atoms with van der Waals surface area (Å²) >= 11 is 6.31. The van der Waals surface area contributed by atoms with E-state index in [9.17, 15) is 14.7 Å². The molecule has 6 heteroatoms. The van der Waals surface area contributed by atoms with Gasteiger partial charge in [-0.1, -0.05) is 60.7 Å². The third-order valence-corrected chi connectivity index (χ3v) is 4.48. The lowest BCUT2D eigenvalue weighted by molar-refractivity contribution is -0.145. The van der Waals surface area contributed by atoms with Gasteiger partial charge in [0.15, 0.2) is 0 Å². The first-order valence-electron chi connectivity index (χ1n) is 6.50. The first-order valence-corrected chi connectivity index (χ1v) is 7.73. The first-order chi connectivity index (χ1) is 9.93. The van der Waals surface area contributed by atoms with E-state index in [1.165, 1.54) is 4.90 Å². The van der Waals surface area contributed by atoms with E-state index in [0.717, 1.165) is 22.9 Å². The highest BCUT2D eigenvalue weighted by Gasteiger charge is 2.39. The van der Waals surface area contributed by atoms with Gasteiger partial charge in [0.2, 0.25) is 0 Å². The third-order valence-electron chi connectivity index (χ3n) is 3.15. The predicted octanol–water partition coefficient (Wildman–Crippen LogP) is 3.06. The molecule has 2 rings (SSSR count). The topological polar surface area (TPSA) is 57.6 Å². The molecular weight excluding hydrogens is 306 g/mol. The van der Waals surface area contributed by atoms with Gasteiger partial charge in [-0.25, -0.2) is 4.79 Å². The molecule has 4 nitrogen and oxygen atoms in total. The molecule has 1 unspecified atom stereocenters. The van der Waals surface area contributed by atoms with Gasteiger partial charge in [0.25, 0.3) is 5.91 Å². The summed E-state index contributed by atoms with van der Waals surface area (Å²) in [5.41, 5.74) is 2.00. The summed E-state index contributed by atoms with van der Waals surface area (Å²) in [4.78, 5) is 25.3. The lowest BCUT2D eigenvalue weighted by Gasteiger charge is -2.21. The van der Waals surface area contributed by atoms with Gasteiger partial charge < -0.3 is 5.11 Å². The summed E-state index contributed by atoms with van der Waals surface area (Å²) in [7, 11) is 0. The minimum Gasteiger partial charge on any atom is -0.480 e. The van der Waals surface area contributed by atoms with Crippen LogP contribution >= 0.6 is 24.0 Å². The lowest BCUT2D eigenvalue weighted by Crippen LogP contribution is -2.43. The second-order valence-corrected chi connectivity index (χ2v) is 6.40. The molecule has 0 spiro atoms. The number of carbonyl (C=O) groups is 2. The smallest absolute Gasteiger partial charge is 0.326 e. The van der Waals surface area contributed by atoms with Crippen LogP contribution in [0.25, 0.3) is 6.08 Å². The summed E-state index contributed by atoms with van der Waals surface area (Å²) in [6.07, 6.45) is 2.07. The van der Waals surface area contributed by atoms with Crippen LogP contribution in [0.3, 0.4) is 0 Å². The number of hydrogen-bond acceptors (Lipinski definition) is 4. The number of amides is 1. The van der Waals surface area contributed by atoms with Crippen molar-refractivity contribution < 1.29 is 14.7 Å². The van der Waals surface area contributed by atoms with Crippen LogP contribution in [0.15, 0.2) is 29.2 Å². The van der Waals surface area contributed by atoms with Crippen molar-refractivity contribution in [2.24, 2.45) is 0 Å². The maximum atomic E-state index is 12.4. The van der Waals surface area contributed by atoms with Gasteiger partial charge >= 0.3 is 5.97 Å². The molecule has 1 fully saturated rings. The van der Waals surface area contributed by atoms with Gasteiger partial charge in [0.05, 0.1) is 4.91 Å². The van der Waals surface area contributed by atoms with E-state index in [1.807, 2.05) is 31.2 Å². The summed E-state index contributed by atoms with van der Waals surface area (Å²) in [5.74, 6) is -1.37. The minimum atomic E-state index is -1.04. The Morgan fingerprint density at radius 3 is 2.81 bits per heavy atom. The Morgan fingerprint density at radius 1 is 1.52 bits per heavy atom. The van der Waals surface area contributed by atoms with Crippen LogP contribution in [-0.2, 0) is 9.59 Å². The summed E-state index contributed by atoms with van der Waals surface area (Å²) in [6, 6.07) is 6.84. The standard InChI is InChI=1S/C15H15NO3S2/c1-3-11(14(18)19)16-13(17)12(21-15(16)20)8-10-6-4-5-9(2)7-10/h4-8,11H,3H2,1-2H3,(H,18,19)/b12-8+. The average Bonchev–Trinajstić information content (AvgIpc) is 2.67. The molecule has 1 aromatic rings. The molecule has 1 saturated heterocycles. The fourth-order valence-electron chi connectivity index (χ4n) is 2.13. The fourth-order valence-corrected chi connectivity index (χ4v) is 3.48.